The fourth-order valence-electron chi connectivity index (χ4n) is 2.10. The lowest BCUT2D eigenvalue weighted by Gasteiger charge is -2.14. The van der Waals surface area contributed by atoms with Gasteiger partial charge in [0.05, 0.1) is 17.1 Å². The van der Waals surface area contributed by atoms with Gasteiger partial charge in [-0.3, -0.25) is 9.48 Å². The molecule has 2 N–H and O–H groups in total. The number of ether oxygens (including phenoxy) is 1. The van der Waals surface area contributed by atoms with Crippen LogP contribution in [0.2, 0.25) is 0 Å². The Balaban J connectivity index is 2.06. The molecular formula is C16H19N3O4. The molecule has 1 aromatic carbocycles. The van der Waals surface area contributed by atoms with E-state index in [9.17, 15) is 14.7 Å². The summed E-state index contributed by atoms with van der Waals surface area (Å²) in [4.78, 5) is 24.2. The molecule has 0 aliphatic carbocycles. The van der Waals surface area contributed by atoms with Crippen LogP contribution >= 0.6 is 0 Å². The molecule has 0 spiro atoms. The molecule has 0 aliphatic rings. The largest absolute Gasteiger partial charge is 0.507 e. The summed E-state index contributed by atoms with van der Waals surface area (Å²) in [6.07, 6.45) is -1.01. The first-order chi connectivity index (χ1) is 10.8. The van der Waals surface area contributed by atoms with Crippen LogP contribution in [0.1, 0.15) is 28.7 Å². The molecule has 7 nitrogen and oxygen atoms in total. The van der Waals surface area contributed by atoms with E-state index in [1.54, 1.807) is 30.8 Å². The van der Waals surface area contributed by atoms with Crippen molar-refractivity contribution in [1.29, 1.82) is 0 Å². The minimum Gasteiger partial charge on any atom is -0.507 e. The summed E-state index contributed by atoms with van der Waals surface area (Å²) in [6.45, 7) is 5.07. The van der Waals surface area contributed by atoms with Crippen LogP contribution in [0.25, 0.3) is 0 Å². The molecule has 0 fully saturated rings. The lowest BCUT2D eigenvalue weighted by atomic mass is 10.2. The van der Waals surface area contributed by atoms with Gasteiger partial charge in [0, 0.05) is 7.05 Å². The van der Waals surface area contributed by atoms with Crippen molar-refractivity contribution in [2.45, 2.75) is 26.9 Å². The average Bonchev–Trinajstić information content (AvgIpc) is 2.73. The highest BCUT2D eigenvalue weighted by molar-refractivity contribution is 5.98. The quantitative estimate of drug-likeness (QED) is 0.840. The van der Waals surface area contributed by atoms with Gasteiger partial charge in [0.2, 0.25) is 0 Å². The van der Waals surface area contributed by atoms with Crippen LogP contribution in [0, 0.1) is 13.8 Å². The zero-order valence-electron chi connectivity index (χ0n) is 13.5. The van der Waals surface area contributed by atoms with Crippen molar-refractivity contribution < 1.29 is 19.4 Å². The average molecular weight is 317 g/mol. The molecule has 122 valence electrons. The summed E-state index contributed by atoms with van der Waals surface area (Å²) in [7, 11) is 1.78. The van der Waals surface area contributed by atoms with Gasteiger partial charge in [0.15, 0.2) is 6.10 Å². The Kier molecular flexibility index (Phi) is 4.68. The molecular weight excluding hydrogens is 298 g/mol. The number of phenolic OH excluding ortho intramolecular Hbond substituents is 1. The van der Waals surface area contributed by atoms with E-state index >= 15 is 0 Å². The van der Waals surface area contributed by atoms with Gasteiger partial charge in [-0.2, -0.15) is 5.10 Å². The van der Waals surface area contributed by atoms with E-state index in [1.165, 1.54) is 19.1 Å². The third kappa shape index (κ3) is 3.50. The number of esters is 1. The smallest absolute Gasteiger partial charge is 0.342 e. The lowest BCUT2D eigenvalue weighted by molar-refractivity contribution is -0.123. The zero-order valence-corrected chi connectivity index (χ0v) is 13.5. The summed E-state index contributed by atoms with van der Waals surface area (Å²) in [5, 5.41) is 16.5. The predicted molar refractivity (Wildman–Crippen MR) is 84.3 cm³/mol. The van der Waals surface area contributed by atoms with Crippen molar-refractivity contribution in [2.24, 2.45) is 7.05 Å². The fourth-order valence-corrected chi connectivity index (χ4v) is 2.10. The number of para-hydroxylation sites is 1. The summed E-state index contributed by atoms with van der Waals surface area (Å²) in [5.41, 5.74) is 2.09. The molecule has 7 heteroatoms. The number of aromatic hydroxyl groups is 1. The maximum absolute atomic E-state index is 12.2. The third-order valence-corrected chi connectivity index (χ3v) is 3.53. The second-order valence-corrected chi connectivity index (χ2v) is 5.22. The predicted octanol–water partition coefficient (Wildman–Crippen LogP) is 1.93. The van der Waals surface area contributed by atoms with Gasteiger partial charge in [-0.1, -0.05) is 12.1 Å². The molecule has 1 amide bonds. The zero-order chi connectivity index (χ0) is 17.1. The minimum absolute atomic E-state index is 0.0147. The van der Waals surface area contributed by atoms with Crippen molar-refractivity contribution in [3.05, 3.63) is 41.2 Å². The Morgan fingerprint density at radius 1 is 1.30 bits per heavy atom. The maximum Gasteiger partial charge on any atom is 0.342 e. The normalized spacial score (nSPS) is 11.8. The van der Waals surface area contributed by atoms with Gasteiger partial charge >= 0.3 is 5.97 Å². The Hall–Kier alpha value is -2.83. The molecule has 1 atom stereocenters. The number of hydrogen-bond acceptors (Lipinski definition) is 5. The number of rotatable bonds is 4. The van der Waals surface area contributed by atoms with Gasteiger partial charge < -0.3 is 15.2 Å². The molecule has 0 radical (unpaired) electrons. The molecule has 23 heavy (non-hydrogen) atoms. The molecule has 0 saturated heterocycles. The number of hydrogen-bond donors (Lipinski definition) is 2. The van der Waals surface area contributed by atoms with Crippen LogP contribution in [0.5, 0.6) is 5.75 Å². The number of carbonyl (C=O) groups is 2. The van der Waals surface area contributed by atoms with Gasteiger partial charge in [0.1, 0.15) is 11.3 Å². The molecule has 1 heterocycles. The molecule has 0 saturated carbocycles. The summed E-state index contributed by atoms with van der Waals surface area (Å²) < 4.78 is 6.76. The SMILES string of the molecule is Cc1nn(C)c(C)c1NC(=O)[C@H](C)OC(=O)c1ccccc1O. The molecule has 2 aromatic rings. The highest BCUT2D eigenvalue weighted by Gasteiger charge is 2.22. The number of anilines is 1. The maximum atomic E-state index is 12.2. The number of aryl methyl sites for hydroxylation is 2. The van der Waals surface area contributed by atoms with Crippen LogP contribution in [0.3, 0.4) is 0 Å². The monoisotopic (exact) mass is 317 g/mol. The van der Waals surface area contributed by atoms with E-state index in [0.717, 1.165) is 5.69 Å². The standard InChI is InChI=1S/C16H19N3O4/c1-9-14(10(2)19(4)18-9)17-15(21)11(3)23-16(22)12-7-5-6-8-13(12)20/h5-8,11,20H,1-4H3,(H,17,21)/t11-/m0/s1. The lowest BCUT2D eigenvalue weighted by Crippen LogP contribution is -2.30. The first-order valence-corrected chi connectivity index (χ1v) is 7.11. The van der Waals surface area contributed by atoms with Gasteiger partial charge in [-0.15, -0.1) is 0 Å². The fraction of sp³-hybridized carbons (Fsp3) is 0.312. The molecule has 0 unspecified atom stereocenters. The number of nitrogens with zero attached hydrogens (tertiary/aromatic N) is 2. The Morgan fingerprint density at radius 3 is 2.52 bits per heavy atom. The molecule has 0 aliphatic heterocycles. The van der Waals surface area contributed by atoms with E-state index < -0.39 is 18.0 Å². The Morgan fingerprint density at radius 2 is 1.96 bits per heavy atom. The van der Waals surface area contributed by atoms with E-state index in [0.29, 0.717) is 11.4 Å². The summed E-state index contributed by atoms with van der Waals surface area (Å²) >= 11 is 0. The van der Waals surface area contributed by atoms with Crippen molar-refractivity contribution in [3.8, 4) is 5.75 Å². The first kappa shape index (κ1) is 16.5. The molecule has 2 rings (SSSR count). The Bertz CT molecular complexity index is 752. The highest BCUT2D eigenvalue weighted by Crippen LogP contribution is 2.20. The van der Waals surface area contributed by atoms with Gasteiger partial charge in [-0.05, 0) is 32.9 Å². The molecule has 1 aromatic heterocycles. The van der Waals surface area contributed by atoms with Gasteiger partial charge in [0.25, 0.3) is 5.91 Å². The van der Waals surface area contributed by atoms with Crippen LogP contribution in [-0.4, -0.2) is 32.9 Å². The number of phenols is 1. The number of amides is 1. The van der Waals surface area contributed by atoms with E-state index in [4.69, 9.17) is 4.74 Å². The Labute approximate surface area is 133 Å². The number of benzene rings is 1. The van der Waals surface area contributed by atoms with Crippen LogP contribution in [0.15, 0.2) is 24.3 Å². The number of aromatic nitrogens is 2. The highest BCUT2D eigenvalue weighted by atomic mass is 16.5. The summed E-state index contributed by atoms with van der Waals surface area (Å²) in [6, 6.07) is 6.00. The first-order valence-electron chi connectivity index (χ1n) is 7.11. The number of carbonyl (C=O) groups excluding carboxylic acids is 2. The minimum atomic E-state index is -1.01. The van der Waals surface area contributed by atoms with E-state index in [2.05, 4.69) is 10.4 Å². The van der Waals surface area contributed by atoms with Crippen LogP contribution < -0.4 is 5.32 Å². The number of nitrogens with one attached hydrogen (secondary N) is 1. The van der Waals surface area contributed by atoms with Crippen LogP contribution in [-0.2, 0) is 16.6 Å². The topological polar surface area (TPSA) is 93.5 Å². The van der Waals surface area contributed by atoms with Crippen molar-refractivity contribution in [3.63, 3.8) is 0 Å². The van der Waals surface area contributed by atoms with Crippen LogP contribution in [0.4, 0.5) is 5.69 Å². The second-order valence-electron chi connectivity index (χ2n) is 5.22. The van der Waals surface area contributed by atoms with Gasteiger partial charge in [-0.25, -0.2) is 4.79 Å². The second kappa shape index (κ2) is 6.51. The van der Waals surface area contributed by atoms with Crippen molar-refractivity contribution in [1.82, 2.24) is 9.78 Å². The van der Waals surface area contributed by atoms with Crippen molar-refractivity contribution in [2.75, 3.05) is 5.32 Å². The van der Waals surface area contributed by atoms with E-state index in [-0.39, 0.29) is 11.3 Å². The third-order valence-electron chi connectivity index (χ3n) is 3.53. The molecule has 0 bridgehead atoms. The van der Waals surface area contributed by atoms with Crippen molar-refractivity contribution >= 4 is 17.6 Å². The van der Waals surface area contributed by atoms with E-state index in [1.807, 2.05) is 6.92 Å². The summed E-state index contributed by atoms with van der Waals surface area (Å²) in [5.74, 6) is -1.41.